The van der Waals surface area contributed by atoms with E-state index < -0.39 is 12.0 Å². The van der Waals surface area contributed by atoms with Crippen LogP contribution in [0, 0.1) is 6.92 Å². The number of thiazole rings is 1. The molecule has 0 radical (unpaired) electrons. The Morgan fingerprint density at radius 3 is 2.75 bits per heavy atom. The predicted molar refractivity (Wildman–Crippen MR) is 69.3 cm³/mol. The zero-order chi connectivity index (χ0) is 14.5. The lowest BCUT2D eigenvalue weighted by molar-refractivity contribution is 0.0701. The van der Waals surface area contributed by atoms with Gasteiger partial charge in [-0.3, -0.25) is 5.10 Å². The molecule has 0 unspecified atom stereocenters. The van der Waals surface area contributed by atoms with Crippen LogP contribution in [-0.2, 0) is 13.1 Å². The number of H-pyrrole nitrogens is 1. The quantitative estimate of drug-likeness (QED) is 0.626. The summed E-state index contributed by atoms with van der Waals surface area (Å²) in [5, 5.41) is 20.9. The van der Waals surface area contributed by atoms with Crippen LogP contribution in [0.25, 0.3) is 0 Å². The monoisotopic (exact) mass is 296 g/mol. The highest BCUT2D eigenvalue weighted by molar-refractivity contribution is 7.13. The first-order valence-electron chi connectivity index (χ1n) is 5.62. The molecule has 0 aliphatic carbocycles. The summed E-state index contributed by atoms with van der Waals surface area (Å²) in [7, 11) is 0. The number of carboxylic acids is 1. The Balaban J connectivity index is 1.81. The van der Waals surface area contributed by atoms with Gasteiger partial charge in [-0.2, -0.15) is 5.10 Å². The van der Waals surface area contributed by atoms with Gasteiger partial charge < -0.3 is 15.7 Å². The third-order valence-corrected chi connectivity index (χ3v) is 3.46. The summed E-state index contributed by atoms with van der Waals surface area (Å²) < 4.78 is 0. The molecule has 0 aliphatic rings. The van der Waals surface area contributed by atoms with Gasteiger partial charge in [0.05, 0.1) is 18.8 Å². The number of nitrogens with zero attached hydrogens (tertiary/aromatic N) is 3. The molecule has 0 aromatic carbocycles. The number of aromatic amines is 1. The standard InChI is InChI=1S/C10H12N6O3S/c1-5-8(9(17)18)20-7(15-5)3-12-10(19)11-2-6-13-4-14-16-6/h4H,2-3H2,1H3,(H,17,18)(H2,11,12,19)(H,13,14,16). The van der Waals surface area contributed by atoms with E-state index >= 15 is 0 Å². The number of aromatic nitrogens is 4. The van der Waals surface area contributed by atoms with Crippen LogP contribution in [0.2, 0.25) is 0 Å². The van der Waals surface area contributed by atoms with E-state index in [1.54, 1.807) is 6.92 Å². The van der Waals surface area contributed by atoms with E-state index in [0.29, 0.717) is 16.5 Å². The van der Waals surface area contributed by atoms with Crippen molar-refractivity contribution in [3.8, 4) is 0 Å². The SMILES string of the molecule is Cc1nc(CNC(=O)NCc2ncn[nH]2)sc1C(=O)O. The average molecular weight is 296 g/mol. The van der Waals surface area contributed by atoms with E-state index in [9.17, 15) is 9.59 Å². The number of aromatic carboxylic acids is 1. The molecule has 0 fully saturated rings. The molecule has 0 aliphatic heterocycles. The second kappa shape index (κ2) is 6.10. The summed E-state index contributed by atoms with van der Waals surface area (Å²) in [4.78, 5) is 30.5. The van der Waals surface area contributed by atoms with Gasteiger partial charge in [-0.15, -0.1) is 11.3 Å². The smallest absolute Gasteiger partial charge is 0.347 e. The maximum atomic E-state index is 11.5. The lowest BCUT2D eigenvalue weighted by Crippen LogP contribution is -2.34. The summed E-state index contributed by atoms with van der Waals surface area (Å²) in [6.07, 6.45) is 1.35. The minimum atomic E-state index is -1.01. The summed E-state index contributed by atoms with van der Waals surface area (Å²) in [5.41, 5.74) is 0.446. The van der Waals surface area contributed by atoms with Crippen molar-refractivity contribution in [2.24, 2.45) is 0 Å². The molecule has 10 heteroatoms. The minimum absolute atomic E-state index is 0.168. The second-order valence-corrected chi connectivity index (χ2v) is 4.88. The van der Waals surface area contributed by atoms with Gasteiger partial charge >= 0.3 is 12.0 Å². The molecule has 0 saturated carbocycles. The molecule has 2 aromatic rings. The highest BCUT2D eigenvalue weighted by atomic mass is 32.1. The second-order valence-electron chi connectivity index (χ2n) is 3.80. The van der Waals surface area contributed by atoms with Crippen molar-refractivity contribution in [1.82, 2.24) is 30.8 Å². The third-order valence-electron chi connectivity index (χ3n) is 2.32. The van der Waals surface area contributed by atoms with Crippen LogP contribution in [-0.4, -0.2) is 37.3 Å². The van der Waals surface area contributed by atoms with Crippen molar-refractivity contribution in [2.75, 3.05) is 0 Å². The van der Waals surface area contributed by atoms with Gasteiger partial charge in [0.15, 0.2) is 0 Å². The van der Waals surface area contributed by atoms with E-state index in [1.165, 1.54) is 6.33 Å². The molecule has 0 spiro atoms. The topological polar surface area (TPSA) is 133 Å². The van der Waals surface area contributed by atoms with Gasteiger partial charge in [0.1, 0.15) is 22.0 Å². The minimum Gasteiger partial charge on any atom is -0.477 e. The van der Waals surface area contributed by atoms with Gasteiger partial charge in [-0.1, -0.05) is 0 Å². The Labute approximate surface area is 117 Å². The normalized spacial score (nSPS) is 10.2. The summed E-state index contributed by atoms with van der Waals surface area (Å²) >= 11 is 1.04. The van der Waals surface area contributed by atoms with Crippen molar-refractivity contribution >= 4 is 23.3 Å². The van der Waals surface area contributed by atoms with E-state index in [0.717, 1.165) is 11.3 Å². The zero-order valence-corrected chi connectivity index (χ0v) is 11.3. The van der Waals surface area contributed by atoms with Gasteiger partial charge in [0, 0.05) is 0 Å². The molecule has 2 amide bonds. The number of aryl methyl sites for hydroxylation is 1. The number of carbonyl (C=O) groups is 2. The number of urea groups is 1. The number of carbonyl (C=O) groups excluding carboxylic acids is 1. The molecular formula is C10H12N6O3S. The van der Waals surface area contributed by atoms with Gasteiger partial charge in [-0.25, -0.2) is 19.6 Å². The van der Waals surface area contributed by atoms with Gasteiger partial charge in [-0.05, 0) is 6.92 Å². The molecular weight excluding hydrogens is 284 g/mol. The first kappa shape index (κ1) is 13.9. The fourth-order valence-electron chi connectivity index (χ4n) is 1.42. The lowest BCUT2D eigenvalue weighted by atomic mass is 10.4. The molecule has 2 rings (SSSR count). The van der Waals surface area contributed by atoms with Crippen LogP contribution >= 0.6 is 11.3 Å². The Bertz CT molecular complexity index is 609. The van der Waals surface area contributed by atoms with Crippen molar-refractivity contribution in [3.63, 3.8) is 0 Å². The molecule has 106 valence electrons. The van der Waals surface area contributed by atoms with Gasteiger partial charge in [0.25, 0.3) is 0 Å². The Morgan fingerprint density at radius 1 is 1.40 bits per heavy atom. The fraction of sp³-hybridized carbons (Fsp3) is 0.300. The van der Waals surface area contributed by atoms with Crippen molar-refractivity contribution in [3.05, 3.63) is 27.7 Å². The van der Waals surface area contributed by atoms with Crippen LogP contribution in [0.5, 0.6) is 0 Å². The molecule has 9 nitrogen and oxygen atoms in total. The molecule has 2 aromatic heterocycles. The number of hydrogen-bond donors (Lipinski definition) is 4. The first-order valence-corrected chi connectivity index (χ1v) is 6.43. The fourth-order valence-corrected chi connectivity index (χ4v) is 2.27. The molecule has 0 atom stereocenters. The van der Waals surface area contributed by atoms with Crippen LogP contribution in [0.1, 0.15) is 26.2 Å². The number of hydrogen-bond acceptors (Lipinski definition) is 6. The summed E-state index contributed by atoms with van der Waals surface area (Å²) in [5.74, 6) is -0.473. The lowest BCUT2D eigenvalue weighted by Gasteiger charge is -2.04. The summed E-state index contributed by atoms with van der Waals surface area (Å²) in [6.45, 7) is 2.01. The van der Waals surface area contributed by atoms with E-state index in [4.69, 9.17) is 5.11 Å². The largest absolute Gasteiger partial charge is 0.477 e. The maximum Gasteiger partial charge on any atom is 0.347 e. The highest BCUT2D eigenvalue weighted by Gasteiger charge is 2.14. The average Bonchev–Trinajstić information content (AvgIpc) is 3.03. The van der Waals surface area contributed by atoms with E-state index in [1.807, 2.05) is 0 Å². The molecule has 0 bridgehead atoms. The maximum absolute atomic E-state index is 11.5. The van der Waals surface area contributed by atoms with Crippen LogP contribution in [0.4, 0.5) is 4.79 Å². The zero-order valence-electron chi connectivity index (χ0n) is 10.5. The molecule has 20 heavy (non-hydrogen) atoms. The Hall–Kier alpha value is -2.49. The molecule has 2 heterocycles. The number of rotatable bonds is 5. The van der Waals surface area contributed by atoms with Gasteiger partial charge in [0.2, 0.25) is 0 Å². The summed E-state index contributed by atoms with van der Waals surface area (Å²) in [6, 6.07) is -0.397. The van der Waals surface area contributed by atoms with E-state index in [2.05, 4.69) is 30.8 Å². The third kappa shape index (κ3) is 3.51. The molecule has 4 N–H and O–H groups in total. The Morgan fingerprint density at radius 2 is 2.15 bits per heavy atom. The van der Waals surface area contributed by atoms with Crippen LogP contribution < -0.4 is 10.6 Å². The van der Waals surface area contributed by atoms with Crippen molar-refractivity contribution in [2.45, 2.75) is 20.0 Å². The van der Waals surface area contributed by atoms with Crippen molar-refractivity contribution in [1.29, 1.82) is 0 Å². The van der Waals surface area contributed by atoms with Crippen molar-refractivity contribution < 1.29 is 14.7 Å². The number of carboxylic acid groups (broad SMARTS) is 1. The molecule has 0 saturated heterocycles. The van der Waals surface area contributed by atoms with E-state index in [-0.39, 0.29) is 18.0 Å². The number of nitrogens with one attached hydrogen (secondary N) is 3. The highest BCUT2D eigenvalue weighted by Crippen LogP contribution is 2.17. The first-order chi connectivity index (χ1) is 9.56. The van der Waals surface area contributed by atoms with Crippen LogP contribution in [0.15, 0.2) is 6.33 Å². The Kier molecular flexibility index (Phi) is 4.25. The predicted octanol–water partition coefficient (Wildman–Crippen LogP) is 0.267. The van der Waals surface area contributed by atoms with Crippen LogP contribution in [0.3, 0.4) is 0 Å². The number of amides is 2.